The van der Waals surface area contributed by atoms with Crippen molar-refractivity contribution in [3.8, 4) is 10.7 Å². The first-order valence-corrected chi connectivity index (χ1v) is 12.0. The van der Waals surface area contributed by atoms with E-state index < -0.39 is 0 Å². The van der Waals surface area contributed by atoms with Crippen molar-refractivity contribution in [2.45, 2.75) is 51.6 Å². The first-order valence-electron chi connectivity index (χ1n) is 10.2. The van der Waals surface area contributed by atoms with Crippen molar-refractivity contribution in [2.75, 3.05) is 26.0 Å². The third-order valence-electron chi connectivity index (χ3n) is 5.54. The Labute approximate surface area is 181 Å². The molecule has 2 heterocycles. The molecule has 8 heteroatoms. The minimum absolute atomic E-state index is 0.00969. The van der Waals surface area contributed by atoms with Crippen molar-refractivity contribution in [2.24, 2.45) is 18.4 Å². The second-order valence-electron chi connectivity index (χ2n) is 8.71. The van der Waals surface area contributed by atoms with Crippen LogP contribution in [0.1, 0.15) is 44.1 Å². The van der Waals surface area contributed by atoms with Gasteiger partial charge in [-0.2, -0.15) is 0 Å². The number of carbonyl (C=O) groups is 1. The Morgan fingerprint density at radius 1 is 1.41 bits per heavy atom. The van der Waals surface area contributed by atoms with Gasteiger partial charge in [0.15, 0.2) is 11.0 Å². The van der Waals surface area contributed by atoms with Gasteiger partial charge in [0.05, 0.1) is 10.6 Å². The molecule has 2 aromatic heterocycles. The van der Waals surface area contributed by atoms with Crippen molar-refractivity contribution in [1.82, 2.24) is 20.1 Å². The number of aromatic nitrogens is 3. The van der Waals surface area contributed by atoms with E-state index in [0.29, 0.717) is 24.3 Å². The highest BCUT2D eigenvalue weighted by Crippen LogP contribution is 2.42. The number of methoxy groups -OCH3 is 1. The van der Waals surface area contributed by atoms with Crippen molar-refractivity contribution in [3.63, 3.8) is 0 Å². The van der Waals surface area contributed by atoms with Crippen molar-refractivity contribution in [1.29, 1.82) is 0 Å². The molecule has 1 unspecified atom stereocenters. The molecular formula is C21H32N4O2S2. The van der Waals surface area contributed by atoms with Crippen LogP contribution in [0, 0.1) is 11.3 Å². The van der Waals surface area contributed by atoms with E-state index in [1.165, 1.54) is 33.5 Å². The molecule has 1 N–H and O–H groups in total. The van der Waals surface area contributed by atoms with Gasteiger partial charge in [-0.05, 0) is 48.6 Å². The van der Waals surface area contributed by atoms with Gasteiger partial charge in [-0.25, -0.2) is 0 Å². The maximum Gasteiger partial charge on any atom is 0.230 e. The second-order valence-corrected chi connectivity index (χ2v) is 10.8. The molecule has 0 bridgehead atoms. The minimum Gasteiger partial charge on any atom is -0.385 e. The van der Waals surface area contributed by atoms with Crippen LogP contribution in [-0.2, 0) is 29.4 Å². The maximum atomic E-state index is 12.0. The lowest BCUT2D eigenvalue weighted by molar-refractivity contribution is -0.118. The molecule has 1 aliphatic rings. The van der Waals surface area contributed by atoms with E-state index in [2.05, 4.69) is 42.4 Å². The fourth-order valence-electron chi connectivity index (χ4n) is 3.65. The summed E-state index contributed by atoms with van der Waals surface area (Å²) in [6, 6.07) is 2.30. The lowest BCUT2D eigenvalue weighted by Crippen LogP contribution is -2.26. The molecule has 0 saturated heterocycles. The van der Waals surface area contributed by atoms with Crippen LogP contribution >= 0.6 is 23.1 Å². The summed E-state index contributed by atoms with van der Waals surface area (Å²) in [6.45, 7) is 8.32. The van der Waals surface area contributed by atoms with E-state index in [1.807, 2.05) is 23.0 Å². The van der Waals surface area contributed by atoms with Gasteiger partial charge in [0.1, 0.15) is 0 Å². The van der Waals surface area contributed by atoms with Gasteiger partial charge in [0.2, 0.25) is 5.91 Å². The van der Waals surface area contributed by atoms with Gasteiger partial charge >= 0.3 is 0 Å². The Morgan fingerprint density at radius 2 is 2.21 bits per heavy atom. The van der Waals surface area contributed by atoms with Crippen LogP contribution in [0.25, 0.3) is 10.7 Å². The number of hydrogen-bond acceptors (Lipinski definition) is 6. The molecule has 0 aliphatic heterocycles. The van der Waals surface area contributed by atoms with E-state index in [1.54, 1.807) is 7.11 Å². The molecule has 0 radical (unpaired) electrons. The highest BCUT2D eigenvalue weighted by atomic mass is 32.2. The van der Waals surface area contributed by atoms with Crippen LogP contribution in [0.2, 0.25) is 0 Å². The third kappa shape index (κ3) is 5.61. The number of aryl methyl sites for hydroxylation is 1. The summed E-state index contributed by atoms with van der Waals surface area (Å²) in [5.41, 5.74) is 1.82. The third-order valence-corrected chi connectivity index (χ3v) is 7.80. The van der Waals surface area contributed by atoms with E-state index in [4.69, 9.17) is 4.74 Å². The van der Waals surface area contributed by atoms with Gasteiger partial charge in [-0.15, -0.1) is 21.5 Å². The fourth-order valence-corrected chi connectivity index (χ4v) is 5.62. The number of ether oxygens (including phenoxy) is 1. The Kier molecular flexibility index (Phi) is 7.40. The molecule has 160 valence electrons. The summed E-state index contributed by atoms with van der Waals surface area (Å²) in [4.78, 5) is 14.7. The SMILES string of the molecule is COCCCNC(=O)CSc1nnc(-c2cc3c(s2)CCC(C(C)(C)C)C3)n1C. The molecule has 1 aliphatic carbocycles. The van der Waals surface area contributed by atoms with Crippen LogP contribution in [-0.4, -0.2) is 46.7 Å². The number of carbonyl (C=O) groups excluding carboxylic acids is 1. The molecule has 0 spiro atoms. The number of thioether (sulfide) groups is 1. The lowest BCUT2D eigenvalue weighted by Gasteiger charge is -2.33. The van der Waals surface area contributed by atoms with Gasteiger partial charge in [-0.3, -0.25) is 4.79 Å². The van der Waals surface area contributed by atoms with Crippen LogP contribution in [0.3, 0.4) is 0 Å². The quantitative estimate of drug-likeness (QED) is 0.501. The summed E-state index contributed by atoms with van der Waals surface area (Å²) in [5, 5.41) is 12.4. The molecule has 1 amide bonds. The highest BCUT2D eigenvalue weighted by Gasteiger charge is 2.30. The molecule has 1 atom stereocenters. The Balaban J connectivity index is 1.62. The van der Waals surface area contributed by atoms with Crippen LogP contribution in [0.4, 0.5) is 0 Å². The van der Waals surface area contributed by atoms with Crippen molar-refractivity contribution in [3.05, 3.63) is 16.5 Å². The second kappa shape index (κ2) is 9.62. The van der Waals surface area contributed by atoms with Crippen molar-refractivity contribution >= 4 is 29.0 Å². The topological polar surface area (TPSA) is 69.0 Å². The standard InChI is InChI=1S/C21H32N4O2S2/c1-21(2,3)15-7-8-16-14(11-15)12-17(29-16)19-23-24-20(25(19)4)28-13-18(26)22-9-6-10-27-5/h12,15H,6-11,13H2,1-5H3,(H,22,26). The monoisotopic (exact) mass is 436 g/mol. The Hall–Kier alpha value is -1.38. The molecule has 2 aromatic rings. The maximum absolute atomic E-state index is 12.0. The summed E-state index contributed by atoms with van der Waals surface area (Å²) in [7, 11) is 3.64. The van der Waals surface area contributed by atoms with E-state index >= 15 is 0 Å². The van der Waals surface area contributed by atoms with Crippen LogP contribution < -0.4 is 5.32 Å². The minimum atomic E-state index is 0.00969. The van der Waals surface area contributed by atoms with E-state index in [9.17, 15) is 4.79 Å². The molecule has 6 nitrogen and oxygen atoms in total. The largest absolute Gasteiger partial charge is 0.385 e. The zero-order chi connectivity index (χ0) is 21.0. The molecule has 0 aromatic carbocycles. The van der Waals surface area contributed by atoms with Gasteiger partial charge < -0.3 is 14.6 Å². The van der Waals surface area contributed by atoms with Gasteiger partial charge in [-0.1, -0.05) is 32.5 Å². The summed E-state index contributed by atoms with van der Waals surface area (Å²) in [5.74, 6) is 1.97. The zero-order valence-corrected chi connectivity index (χ0v) is 19.7. The first-order chi connectivity index (χ1) is 13.8. The summed E-state index contributed by atoms with van der Waals surface area (Å²) >= 11 is 3.27. The average molecular weight is 437 g/mol. The molecule has 3 rings (SSSR count). The Morgan fingerprint density at radius 3 is 2.93 bits per heavy atom. The number of nitrogens with one attached hydrogen (secondary N) is 1. The number of hydrogen-bond donors (Lipinski definition) is 1. The molecule has 0 saturated carbocycles. The summed E-state index contributed by atoms with van der Waals surface area (Å²) < 4.78 is 6.99. The molecular weight excluding hydrogens is 404 g/mol. The van der Waals surface area contributed by atoms with E-state index in [0.717, 1.165) is 36.2 Å². The predicted octanol–water partition coefficient (Wildman–Crippen LogP) is 3.94. The number of amides is 1. The van der Waals surface area contributed by atoms with Crippen molar-refractivity contribution < 1.29 is 9.53 Å². The number of rotatable bonds is 8. The lowest BCUT2D eigenvalue weighted by atomic mass is 9.72. The highest BCUT2D eigenvalue weighted by molar-refractivity contribution is 7.99. The summed E-state index contributed by atoms with van der Waals surface area (Å²) in [6.07, 6.45) is 4.39. The van der Waals surface area contributed by atoms with E-state index in [-0.39, 0.29) is 5.91 Å². The van der Waals surface area contributed by atoms with Gasteiger partial charge in [0.25, 0.3) is 0 Å². The smallest absolute Gasteiger partial charge is 0.230 e. The fraction of sp³-hybridized carbons (Fsp3) is 0.667. The Bertz CT molecular complexity index is 838. The first kappa shape index (κ1) is 22.3. The van der Waals surface area contributed by atoms with Gasteiger partial charge in [0, 0.05) is 32.2 Å². The molecule has 0 fully saturated rings. The average Bonchev–Trinajstić information content (AvgIpc) is 3.25. The van der Waals surface area contributed by atoms with Crippen LogP contribution in [0.15, 0.2) is 11.2 Å². The van der Waals surface area contributed by atoms with Crippen LogP contribution in [0.5, 0.6) is 0 Å². The number of thiophene rings is 1. The zero-order valence-electron chi connectivity index (χ0n) is 18.1. The molecule has 29 heavy (non-hydrogen) atoms. The number of fused-ring (bicyclic) bond motifs is 1. The number of nitrogens with zero attached hydrogens (tertiary/aromatic N) is 3. The normalized spacial score (nSPS) is 16.7. The predicted molar refractivity (Wildman–Crippen MR) is 120 cm³/mol.